The van der Waals surface area contributed by atoms with Gasteiger partial charge in [-0.25, -0.2) is 4.99 Å². The fourth-order valence-electron chi connectivity index (χ4n) is 3.20. The van der Waals surface area contributed by atoms with Gasteiger partial charge in [0.15, 0.2) is 5.96 Å². The Morgan fingerprint density at radius 2 is 2.03 bits per heavy atom. The minimum atomic E-state index is 0. The highest BCUT2D eigenvalue weighted by Gasteiger charge is 2.21. The van der Waals surface area contributed by atoms with E-state index in [1.54, 1.807) is 13.2 Å². The van der Waals surface area contributed by atoms with Crippen molar-refractivity contribution in [3.05, 3.63) is 42.5 Å². The molecule has 0 aliphatic carbocycles. The highest BCUT2D eigenvalue weighted by atomic mass is 127. The minimum Gasteiger partial charge on any atom is -0.489 e. The molecule has 0 unspecified atom stereocenters. The van der Waals surface area contributed by atoms with Crippen molar-refractivity contribution in [3.63, 3.8) is 0 Å². The maximum atomic E-state index is 5.96. The summed E-state index contributed by atoms with van der Waals surface area (Å²) in [6.45, 7) is 11.2. The number of hydrogen-bond donors (Lipinski definition) is 1. The number of rotatable bonds is 11. The summed E-state index contributed by atoms with van der Waals surface area (Å²) in [4.78, 5) is 7.18. The first kappa shape index (κ1) is 25.7. The molecular weight excluding hydrogens is 481 g/mol. The number of nitrogens with one attached hydrogen (secondary N) is 1. The van der Waals surface area contributed by atoms with Crippen molar-refractivity contribution in [2.45, 2.75) is 38.8 Å². The third-order valence-electron chi connectivity index (χ3n) is 4.65. The largest absolute Gasteiger partial charge is 0.489 e. The van der Waals surface area contributed by atoms with E-state index in [2.05, 4.69) is 29.8 Å². The van der Waals surface area contributed by atoms with Crippen molar-refractivity contribution in [1.82, 2.24) is 10.2 Å². The van der Waals surface area contributed by atoms with Crippen molar-refractivity contribution < 1.29 is 14.2 Å². The number of methoxy groups -OCH3 is 1. The molecule has 1 aromatic carbocycles. The number of guanidine groups is 1. The molecule has 7 heteroatoms. The molecule has 0 aromatic heterocycles. The number of aliphatic imine (C=N–C) groups is 1. The normalized spacial score (nSPS) is 15.0. The van der Waals surface area contributed by atoms with Gasteiger partial charge in [-0.05, 0) is 32.3 Å². The lowest BCUT2D eigenvalue weighted by Gasteiger charge is -2.34. The predicted molar refractivity (Wildman–Crippen MR) is 129 cm³/mol. The molecule has 1 N–H and O–H groups in total. The monoisotopic (exact) mass is 517 g/mol. The molecule has 2 rings (SSSR count). The highest BCUT2D eigenvalue weighted by molar-refractivity contribution is 14.0. The topological polar surface area (TPSA) is 55.3 Å². The zero-order valence-electron chi connectivity index (χ0n) is 17.8. The van der Waals surface area contributed by atoms with E-state index in [1.165, 1.54) is 0 Å². The van der Waals surface area contributed by atoms with Gasteiger partial charge in [-0.1, -0.05) is 30.9 Å². The second kappa shape index (κ2) is 15.5. The first-order chi connectivity index (χ1) is 13.8. The molecule has 1 aliphatic rings. The Morgan fingerprint density at radius 3 is 2.72 bits per heavy atom. The zero-order valence-corrected chi connectivity index (χ0v) is 20.1. The number of nitrogens with zero attached hydrogens (tertiary/aromatic N) is 2. The molecule has 1 fully saturated rings. The first-order valence-corrected chi connectivity index (χ1v) is 10.2. The molecule has 1 heterocycles. The van der Waals surface area contributed by atoms with Crippen LogP contribution in [0.2, 0.25) is 0 Å². The average molecular weight is 517 g/mol. The van der Waals surface area contributed by atoms with Crippen LogP contribution in [0.25, 0.3) is 0 Å². The molecular formula is C22H36IN3O3. The molecule has 0 spiro atoms. The molecule has 6 nitrogen and oxygen atoms in total. The Balaban J connectivity index is 0.00000420. The number of benzene rings is 1. The smallest absolute Gasteiger partial charge is 0.194 e. The van der Waals surface area contributed by atoms with E-state index in [-0.39, 0.29) is 24.0 Å². The quantitative estimate of drug-likeness (QED) is 0.159. The van der Waals surface area contributed by atoms with Crippen molar-refractivity contribution in [1.29, 1.82) is 0 Å². The minimum absolute atomic E-state index is 0. The van der Waals surface area contributed by atoms with E-state index in [1.807, 2.05) is 18.2 Å². The van der Waals surface area contributed by atoms with E-state index >= 15 is 0 Å². The number of hydrogen-bond acceptors (Lipinski definition) is 4. The molecule has 1 aromatic rings. The average Bonchev–Trinajstić information content (AvgIpc) is 2.74. The Bertz CT molecular complexity index is 605. The summed E-state index contributed by atoms with van der Waals surface area (Å²) >= 11 is 0. The van der Waals surface area contributed by atoms with Crippen LogP contribution in [0.4, 0.5) is 0 Å². The summed E-state index contributed by atoms with van der Waals surface area (Å²) < 4.78 is 16.8. The van der Waals surface area contributed by atoms with Gasteiger partial charge in [0.25, 0.3) is 0 Å². The Hall–Kier alpha value is -1.32. The number of para-hydroxylation sites is 1. The number of halogens is 1. The van der Waals surface area contributed by atoms with Crippen molar-refractivity contribution >= 4 is 29.9 Å². The number of ether oxygens (including phenoxy) is 3. The van der Waals surface area contributed by atoms with Gasteiger partial charge in [-0.2, -0.15) is 0 Å². The van der Waals surface area contributed by atoms with Crippen molar-refractivity contribution in [2.75, 3.05) is 46.6 Å². The van der Waals surface area contributed by atoms with Crippen molar-refractivity contribution in [3.8, 4) is 5.75 Å². The predicted octanol–water partition coefficient (Wildman–Crippen LogP) is 3.85. The highest BCUT2D eigenvalue weighted by Crippen LogP contribution is 2.20. The van der Waals surface area contributed by atoms with E-state index in [9.17, 15) is 0 Å². The van der Waals surface area contributed by atoms with Crippen LogP contribution in [0.1, 0.15) is 31.7 Å². The summed E-state index contributed by atoms with van der Waals surface area (Å²) in [5.74, 6) is 1.82. The van der Waals surface area contributed by atoms with E-state index in [4.69, 9.17) is 19.2 Å². The summed E-state index contributed by atoms with van der Waals surface area (Å²) in [5.41, 5.74) is 1.08. The molecule has 1 aliphatic heterocycles. The lowest BCUT2D eigenvalue weighted by molar-refractivity contribution is 0.00990. The van der Waals surface area contributed by atoms with Gasteiger partial charge in [0, 0.05) is 45.5 Å². The second-order valence-electron chi connectivity index (χ2n) is 6.78. The Morgan fingerprint density at radius 1 is 1.28 bits per heavy atom. The van der Waals surface area contributed by atoms with Crippen molar-refractivity contribution in [2.24, 2.45) is 4.99 Å². The molecule has 29 heavy (non-hydrogen) atoms. The van der Waals surface area contributed by atoms with Crippen LogP contribution in [0.5, 0.6) is 5.75 Å². The lowest BCUT2D eigenvalue weighted by atomic mass is 10.1. The fraction of sp³-hybridized carbons (Fsp3) is 0.591. The van der Waals surface area contributed by atoms with Gasteiger partial charge in [-0.15, -0.1) is 24.0 Å². The molecule has 0 atom stereocenters. The number of piperidine rings is 1. The van der Waals surface area contributed by atoms with Crippen LogP contribution in [0.15, 0.2) is 41.9 Å². The summed E-state index contributed by atoms with van der Waals surface area (Å²) in [5, 5.41) is 3.42. The summed E-state index contributed by atoms with van der Waals surface area (Å²) in [7, 11) is 1.73. The van der Waals surface area contributed by atoms with Crippen LogP contribution >= 0.6 is 24.0 Å². The van der Waals surface area contributed by atoms with Crippen LogP contribution < -0.4 is 10.1 Å². The number of likely N-dealkylation sites (tertiary alicyclic amines) is 1. The SMILES string of the molecule is C=CCOc1ccccc1CN=C(NCC)N1CCC(OCCCOC)CC1.I. The molecule has 164 valence electrons. The Kier molecular flexibility index (Phi) is 13.8. The van der Waals surface area contributed by atoms with Gasteiger partial charge in [0.05, 0.1) is 12.6 Å². The van der Waals surface area contributed by atoms with Gasteiger partial charge in [-0.3, -0.25) is 0 Å². The summed E-state index contributed by atoms with van der Waals surface area (Å²) in [6.07, 6.45) is 5.09. The molecule has 1 saturated heterocycles. The van der Waals surface area contributed by atoms with Gasteiger partial charge >= 0.3 is 0 Å². The molecule has 0 amide bonds. The first-order valence-electron chi connectivity index (χ1n) is 10.2. The Labute approximate surface area is 192 Å². The maximum Gasteiger partial charge on any atom is 0.194 e. The van der Waals surface area contributed by atoms with Crippen LogP contribution in [-0.2, 0) is 16.0 Å². The molecule has 0 saturated carbocycles. The standard InChI is InChI=1S/C22H35N3O3.HI/c1-4-15-28-21-10-7-6-9-19(21)18-24-22(23-5-2)25-13-11-20(12-14-25)27-17-8-16-26-3;/h4,6-7,9-10,20H,1,5,8,11-18H2,2-3H3,(H,23,24);1H. The lowest BCUT2D eigenvalue weighted by Crippen LogP contribution is -2.47. The summed E-state index contributed by atoms with van der Waals surface area (Å²) in [6, 6.07) is 8.04. The van der Waals surface area contributed by atoms with E-state index < -0.39 is 0 Å². The van der Waals surface area contributed by atoms with Crippen LogP contribution in [0, 0.1) is 0 Å². The molecule has 0 radical (unpaired) electrons. The van der Waals surface area contributed by atoms with Crippen LogP contribution in [0.3, 0.4) is 0 Å². The van der Waals surface area contributed by atoms with Gasteiger partial charge in [0.2, 0.25) is 0 Å². The van der Waals surface area contributed by atoms with Gasteiger partial charge < -0.3 is 24.4 Å². The maximum absolute atomic E-state index is 5.96. The fourth-order valence-corrected chi connectivity index (χ4v) is 3.20. The van der Waals surface area contributed by atoms with E-state index in [0.29, 0.717) is 19.3 Å². The van der Waals surface area contributed by atoms with Crippen LogP contribution in [-0.4, -0.2) is 63.5 Å². The molecule has 0 bridgehead atoms. The third-order valence-corrected chi connectivity index (χ3v) is 4.65. The van der Waals surface area contributed by atoms with Gasteiger partial charge in [0.1, 0.15) is 12.4 Å². The third kappa shape index (κ3) is 9.35. The zero-order chi connectivity index (χ0) is 20.0. The second-order valence-corrected chi connectivity index (χ2v) is 6.78. The van der Waals surface area contributed by atoms with E-state index in [0.717, 1.165) is 69.4 Å².